The van der Waals surface area contributed by atoms with Crippen LogP contribution in [0.15, 0.2) is 78.5 Å². The van der Waals surface area contributed by atoms with Gasteiger partial charge >= 0.3 is 0 Å². The summed E-state index contributed by atoms with van der Waals surface area (Å²) in [5, 5.41) is 3.64. The number of imide groups is 1. The number of hydrogen-bond acceptors (Lipinski definition) is 4. The highest BCUT2D eigenvalue weighted by atomic mass is 35.5. The summed E-state index contributed by atoms with van der Waals surface area (Å²) in [5.74, 6) is -0.0997. The summed E-state index contributed by atoms with van der Waals surface area (Å²) in [5.41, 5.74) is 3.18. The molecule has 31 heavy (non-hydrogen) atoms. The van der Waals surface area contributed by atoms with Crippen molar-refractivity contribution >= 4 is 40.4 Å². The van der Waals surface area contributed by atoms with E-state index in [1.165, 1.54) is 0 Å². The molecule has 0 fully saturated rings. The molecule has 0 unspecified atom stereocenters. The van der Waals surface area contributed by atoms with E-state index >= 15 is 0 Å². The van der Waals surface area contributed by atoms with Gasteiger partial charge in [-0.3, -0.25) is 9.59 Å². The van der Waals surface area contributed by atoms with Crippen molar-refractivity contribution in [2.75, 3.05) is 16.8 Å². The summed E-state index contributed by atoms with van der Waals surface area (Å²) in [6.45, 7) is 4.35. The lowest BCUT2D eigenvalue weighted by Crippen LogP contribution is -2.32. The molecule has 0 saturated carbocycles. The van der Waals surface area contributed by atoms with Gasteiger partial charge in [-0.05, 0) is 61.4 Å². The highest BCUT2D eigenvalue weighted by Crippen LogP contribution is 2.35. The van der Waals surface area contributed by atoms with Gasteiger partial charge in [0.15, 0.2) is 0 Å². The smallest absolute Gasteiger partial charge is 0.282 e. The standard InChI is InChI=1S/C25H21ClN2O3/c1-3-31-20-13-10-18(11-14-20)27-23-22(17-7-5-4-6-8-17)24(29)28(25(23)30)19-12-9-16(2)21(26)15-19/h4-15,27H,3H2,1-2H3. The first-order valence-electron chi connectivity index (χ1n) is 9.94. The van der Waals surface area contributed by atoms with Crippen molar-refractivity contribution < 1.29 is 14.3 Å². The van der Waals surface area contributed by atoms with E-state index in [1.54, 1.807) is 18.2 Å². The number of nitrogens with one attached hydrogen (secondary N) is 1. The summed E-state index contributed by atoms with van der Waals surface area (Å²) in [7, 11) is 0. The number of ether oxygens (including phenoxy) is 1. The zero-order chi connectivity index (χ0) is 22.0. The lowest BCUT2D eigenvalue weighted by atomic mass is 10.0. The molecule has 0 atom stereocenters. The van der Waals surface area contributed by atoms with Crippen molar-refractivity contribution in [1.29, 1.82) is 0 Å². The number of hydrogen-bond donors (Lipinski definition) is 1. The second-order valence-electron chi connectivity index (χ2n) is 7.08. The topological polar surface area (TPSA) is 58.6 Å². The van der Waals surface area contributed by atoms with Crippen molar-refractivity contribution in [3.05, 3.63) is 94.6 Å². The molecule has 3 aromatic carbocycles. The number of amides is 2. The van der Waals surface area contributed by atoms with Crippen molar-refractivity contribution in [1.82, 2.24) is 0 Å². The molecule has 5 nitrogen and oxygen atoms in total. The molecule has 1 aliphatic heterocycles. The predicted octanol–water partition coefficient (Wildman–Crippen LogP) is 5.44. The van der Waals surface area contributed by atoms with Gasteiger partial charge in [-0.15, -0.1) is 0 Å². The van der Waals surface area contributed by atoms with E-state index in [4.69, 9.17) is 16.3 Å². The fraction of sp³-hybridized carbons (Fsp3) is 0.120. The molecule has 1 aliphatic rings. The van der Waals surface area contributed by atoms with Gasteiger partial charge < -0.3 is 10.1 Å². The molecule has 0 spiro atoms. The minimum atomic E-state index is -0.433. The summed E-state index contributed by atoms with van der Waals surface area (Å²) in [6, 6.07) is 21.5. The Bertz CT molecular complexity index is 1170. The molecule has 0 aromatic heterocycles. The largest absolute Gasteiger partial charge is 0.494 e. The Morgan fingerprint density at radius 3 is 2.29 bits per heavy atom. The fourth-order valence-electron chi connectivity index (χ4n) is 3.42. The first kappa shape index (κ1) is 20.7. The number of carbonyl (C=O) groups is 2. The number of halogens is 1. The van der Waals surface area contributed by atoms with Crippen LogP contribution >= 0.6 is 11.6 Å². The summed E-state index contributed by atoms with van der Waals surface area (Å²) in [6.07, 6.45) is 0. The lowest BCUT2D eigenvalue weighted by Gasteiger charge is -2.16. The van der Waals surface area contributed by atoms with E-state index in [-0.39, 0.29) is 5.70 Å². The molecule has 3 aromatic rings. The quantitative estimate of drug-likeness (QED) is 0.526. The Balaban J connectivity index is 1.75. The molecule has 156 valence electrons. The molecule has 0 aliphatic carbocycles. The SMILES string of the molecule is CCOc1ccc(NC2=C(c3ccccc3)C(=O)N(c3ccc(C)c(Cl)c3)C2=O)cc1. The van der Waals surface area contributed by atoms with Gasteiger partial charge in [-0.2, -0.15) is 0 Å². The molecule has 1 heterocycles. The maximum atomic E-state index is 13.4. The molecule has 0 bridgehead atoms. The molecule has 1 N–H and O–H groups in total. The van der Waals surface area contributed by atoms with Crippen LogP contribution in [0, 0.1) is 6.92 Å². The average molecular weight is 433 g/mol. The van der Waals surface area contributed by atoms with E-state index in [0.717, 1.165) is 16.2 Å². The van der Waals surface area contributed by atoms with E-state index in [0.29, 0.717) is 34.1 Å². The van der Waals surface area contributed by atoms with Gasteiger partial charge in [0.1, 0.15) is 11.4 Å². The maximum Gasteiger partial charge on any atom is 0.282 e. The Morgan fingerprint density at radius 2 is 1.65 bits per heavy atom. The van der Waals surface area contributed by atoms with Gasteiger partial charge in [0.25, 0.3) is 11.8 Å². The van der Waals surface area contributed by atoms with Crippen LogP contribution in [0.2, 0.25) is 5.02 Å². The Hall–Kier alpha value is -3.57. The lowest BCUT2D eigenvalue weighted by molar-refractivity contribution is -0.120. The van der Waals surface area contributed by atoms with Crippen molar-refractivity contribution in [3.8, 4) is 5.75 Å². The first-order valence-corrected chi connectivity index (χ1v) is 10.3. The van der Waals surface area contributed by atoms with Crippen LogP contribution in [0.1, 0.15) is 18.1 Å². The Labute approximate surface area is 185 Å². The van der Waals surface area contributed by atoms with Crippen molar-refractivity contribution in [2.24, 2.45) is 0 Å². The minimum Gasteiger partial charge on any atom is -0.494 e. The van der Waals surface area contributed by atoms with Crippen LogP contribution in [0.25, 0.3) is 5.57 Å². The van der Waals surface area contributed by atoms with E-state index in [2.05, 4.69) is 5.32 Å². The third kappa shape index (κ3) is 4.05. The molecular formula is C25H21ClN2O3. The number of benzene rings is 3. The highest BCUT2D eigenvalue weighted by Gasteiger charge is 2.40. The molecule has 6 heteroatoms. The van der Waals surface area contributed by atoms with Gasteiger partial charge in [-0.1, -0.05) is 48.0 Å². The second kappa shape index (κ2) is 8.66. The van der Waals surface area contributed by atoms with Crippen LogP contribution < -0.4 is 15.0 Å². The van der Waals surface area contributed by atoms with E-state index < -0.39 is 11.8 Å². The minimum absolute atomic E-state index is 0.219. The van der Waals surface area contributed by atoms with Crippen LogP contribution in [0.4, 0.5) is 11.4 Å². The summed E-state index contributed by atoms with van der Waals surface area (Å²) < 4.78 is 5.47. The molecule has 0 saturated heterocycles. The summed E-state index contributed by atoms with van der Waals surface area (Å²) in [4.78, 5) is 27.9. The molecule has 4 rings (SSSR count). The highest BCUT2D eigenvalue weighted by molar-refractivity contribution is 6.46. The van der Waals surface area contributed by atoms with E-state index in [1.807, 2.05) is 68.4 Å². The van der Waals surface area contributed by atoms with Gasteiger partial charge in [-0.25, -0.2) is 4.90 Å². The Morgan fingerprint density at radius 1 is 0.935 bits per heavy atom. The maximum absolute atomic E-state index is 13.4. The third-order valence-corrected chi connectivity index (χ3v) is 5.40. The fourth-order valence-corrected chi connectivity index (χ4v) is 3.59. The predicted molar refractivity (Wildman–Crippen MR) is 123 cm³/mol. The number of aryl methyl sites for hydroxylation is 1. The van der Waals surface area contributed by atoms with Gasteiger partial charge in [0, 0.05) is 10.7 Å². The van der Waals surface area contributed by atoms with Crippen LogP contribution in [0.5, 0.6) is 5.75 Å². The zero-order valence-corrected chi connectivity index (χ0v) is 17.9. The van der Waals surface area contributed by atoms with Crippen LogP contribution in [-0.4, -0.2) is 18.4 Å². The van der Waals surface area contributed by atoms with Crippen molar-refractivity contribution in [2.45, 2.75) is 13.8 Å². The normalized spacial score (nSPS) is 13.7. The third-order valence-electron chi connectivity index (χ3n) is 4.99. The molecular weight excluding hydrogens is 412 g/mol. The first-order chi connectivity index (χ1) is 15.0. The number of carbonyl (C=O) groups excluding carboxylic acids is 2. The summed E-state index contributed by atoms with van der Waals surface area (Å²) >= 11 is 6.26. The average Bonchev–Trinajstić information content (AvgIpc) is 3.02. The number of rotatable bonds is 6. The van der Waals surface area contributed by atoms with Gasteiger partial charge in [0.05, 0.1) is 17.9 Å². The van der Waals surface area contributed by atoms with Crippen LogP contribution in [0.3, 0.4) is 0 Å². The van der Waals surface area contributed by atoms with Crippen molar-refractivity contribution in [3.63, 3.8) is 0 Å². The van der Waals surface area contributed by atoms with Crippen LogP contribution in [-0.2, 0) is 9.59 Å². The zero-order valence-electron chi connectivity index (χ0n) is 17.2. The second-order valence-corrected chi connectivity index (χ2v) is 7.48. The molecule has 2 amide bonds. The van der Waals surface area contributed by atoms with E-state index in [9.17, 15) is 9.59 Å². The Kier molecular flexibility index (Phi) is 5.78. The van der Waals surface area contributed by atoms with Gasteiger partial charge in [0.2, 0.25) is 0 Å². The monoisotopic (exact) mass is 432 g/mol. The number of anilines is 2. The number of nitrogens with zero attached hydrogens (tertiary/aromatic N) is 1. The molecule has 0 radical (unpaired) electrons.